The molecule has 0 aliphatic heterocycles. The molecule has 0 amide bonds. The van der Waals surface area contributed by atoms with E-state index in [9.17, 15) is 5.11 Å². The van der Waals surface area contributed by atoms with Gasteiger partial charge in [0.15, 0.2) is 0 Å². The van der Waals surface area contributed by atoms with Gasteiger partial charge in [-0.15, -0.1) is 0 Å². The van der Waals surface area contributed by atoms with Gasteiger partial charge in [-0.1, -0.05) is 37.3 Å². The van der Waals surface area contributed by atoms with Crippen LogP contribution < -0.4 is 0 Å². The summed E-state index contributed by atoms with van der Waals surface area (Å²) in [5.74, 6) is 0. The van der Waals surface area contributed by atoms with Gasteiger partial charge in [0, 0.05) is 0 Å². The fourth-order valence-corrected chi connectivity index (χ4v) is 1.11. The van der Waals surface area contributed by atoms with Crippen LogP contribution in [0.4, 0.5) is 0 Å². The average Bonchev–Trinajstić information content (AvgIpc) is 2.16. The van der Waals surface area contributed by atoms with E-state index in [-0.39, 0.29) is 0 Å². The van der Waals surface area contributed by atoms with Crippen molar-refractivity contribution in [2.24, 2.45) is 0 Å². The molecule has 0 aliphatic carbocycles. The van der Waals surface area contributed by atoms with Crippen molar-refractivity contribution in [1.29, 1.82) is 0 Å². The van der Waals surface area contributed by atoms with Gasteiger partial charge in [-0.25, -0.2) is 0 Å². The van der Waals surface area contributed by atoms with Gasteiger partial charge >= 0.3 is 0 Å². The third-order valence-corrected chi connectivity index (χ3v) is 1.89. The Morgan fingerprint density at radius 3 is 2.50 bits per heavy atom. The smallest absolute Gasteiger partial charge is 0.142 e. The van der Waals surface area contributed by atoms with E-state index in [2.05, 4.69) is 0 Å². The van der Waals surface area contributed by atoms with Gasteiger partial charge in [-0.3, -0.25) is 5.11 Å². The van der Waals surface area contributed by atoms with Crippen LogP contribution in [0.15, 0.2) is 42.2 Å². The molecule has 0 atom stereocenters. The predicted octanol–water partition coefficient (Wildman–Crippen LogP) is 2.95. The highest BCUT2D eigenvalue weighted by Gasteiger charge is 1.96. The maximum absolute atomic E-state index is 10.5. The fourth-order valence-electron chi connectivity index (χ4n) is 1.11. The summed E-state index contributed by atoms with van der Waals surface area (Å²) in [5, 5.41) is 10.5. The maximum Gasteiger partial charge on any atom is 0.142 e. The molecule has 0 bridgehead atoms. The lowest BCUT2D eigenvalue weighted by atomic mass is 10.0. The molecule has 0 unspecified atom stereocenters. The van der Waals surface area contributed by atoms with Crippen molar-refractivity contribution >= 4 is 0 Å². The Kier molecular flexibility index (Phi) is 3.39. The molecule has 0 saturated heterocycles. The van der Waals surface area contributed by atoms with Crippen LogP contribution in [-0.4, -0.2) is 0 Å². The van der Waals surface area contributed by atoms with Crippen LogP contribution in [0.3, 0.4) is 0 Å². The molecule has 1 radical (unpaired) electrons. The number of allylic oxidation sites excluding steroid dienone is 1. The summed E-state index contributed by atoms with van der Waals surface area (Å²) < 4.78 is 0. The molecule has 0 saturated carbocycles. The zero-order chi connectivity index (χ0) is 8.81. The minimum Gasteiger partial charge on any atom is -0.299 e. The van der Waals surface area contributed by atoms with E-state index in [1.54, 1.807) is 0 Å². The Balaban J connectivity index is 2.64. The van der Waals surface area contributed by atoms with Crippen molar-refractivity contribution in [3.8, 4) is 0 Å². The van der Waals surface area contributed by atoms with Gasteiger partial charge in [0.25, 0.3) is 0 Å². The molecular formula is C11H13O. The molecule has 1 heteroatoms. The Bertz CT molecular complexity index is 249. The maximum atomic E-state index is 10.5. The van der Waals surface area contributed by atoms with Crippen LogP contribution >= 0.6 is 0 Å². The van der Waals surface area contributed by atoms with Crippen molar-refractivity contribution < 1.29 is 5.11 Å². The van der Waals surface area contributed by atoms with E-state index < -0.39 is 0 Å². The number of hydrogen-bond donors (Lipinski definition) is 0. The van der Waals surface area contributed by atoms with Crippen LogP contribution in [0.1, 0.15) is 18.9 Å². The topological polar surface area (TPSA) is 19.9 Å². The molecule has 0 fully saturated rings. The van der Waals surface area contributed by atoms with Crippen LogP contribution in [-0.2, 0) is 11.5 Å². The molecule has 63 valence electrons. The van der Waals surface area contributed by atoms with Crippen LogP contribution in [0.2, 0.25) is 0 Å². The highest BCUT2D eigenvalue weighted by atomic mass is 16.2. The van der Waals surface area contributed by atoms with Gasteiger partial charge in [-0.2, -0.15) is 0 Å². The van der Waals surface area contributed by atoms with Crippen molar-refractivity contribution in [2.75, 3.05) is 0 Å². The van der Waals surface area contributed by atoms with Crippen molar-refractivity contribution in [3.63, 3.8) is 0 Å². The normalized spacial score (nSPS) is 11.6. The SMILES string of the molecule is CCC(=C[O])Cc1ccccc1. The van der Waals surface area contributed by atoms with Crippen molar-refractivity contribution in [3.05, 3.63) is 47.7 Å². The molecule has 12 heavy (non-hydrogen) atoms. The summed E-state index contributed by atoms with van der Waals surface area (Å²) in [6, 6.07) is 10.1. The zero-order valence-corrected chi connectivity index (χ0v) is 7.29. The Morgan fingerprint density at radius 2 is 2.00 bits per heavy atom. The van der Waals surface area contributed by atoms with Gasteiger partial charge in [-0.05, 0) is 24.0 Å². The van der Waals surface area contributed by atoms with Crippen LogP contribution in [0, 0.1) is 0 Å². The first-order chi connectivity index (χ1) is 5.86. The lowest BCUT2D eigenvalue weighted by Gasteiger charge is -2.01. The first-order valence-electron chi connectivity index (χ1n) is 4.20. The van der Waals surface area contributed by atoms with E-state index in [4.69, 9.17) is 0 Å². The average molecular weight is 161 g/mol. The van der Waals surface area contributed by atoms with E-state index >= 15 is 0 Å². The largest absolute Gasteiger partial charge is 0.299 e. The standard InChI is InChI=1S/C11H13O/c1-2-10(9-12)8-11-6-4-3-5-7-11/h3-7,9H,2,8H2,1H3. The summed E-state index contributed by atoms with van der Waals surface area (Å²) >= 11 is 0. The molecule has 1 nitrogen and oxygen atoms in total. The molecule has 1 rings (SSSR count). The van der Waals surface area contributed by atoms with Crippen LogP contribution in [0.25, 0.3) is 0 Å². The first kappa shape index (κ1) is 8.85. The second-order valence-corrected chi connectivity index (χ2v) is 2.79. The van der Waals surface area contributed by atoms with Gasteiger partial charge in [0.2, 0.25) is 0 Å². The first-order valence-corrected chi connectivity index (χ1v) is 4.20. The molecule has 0 aromatic heterocycles. The Labute approximate surface area is 73.4 Å². The summed E-state index contributed by atoms with van der Waals surface area (Å²) in [7, 11) is 0. The number of benzene rings is 1. The minimum absolute atomic E-state index is 0.792. The fraction of sp³-hybridized carbons (Fsp3) is 0.273. The second kappa shape index (κ2) is 4.60. The third kappa shape index (κ3) is 2.42. The van der Waals surface area contributed by atoms with E-state index in [1.165, 1.54) is 5.56 Å². The molecule has 0 heterocycles. The minimum atomic E-state index is 0.792. The van der Waals surface area contributed by atoms with E-state index in [0.717, 1.165) is 24.7 Å². The molecule has 1 aromatic rings. The van der Waals surface area contributed by atoms with Crippen LogP contribution in [0.5, 0.6) is 0 Å². The number of rotatable bonds is 3. The monoisotopic (exact) mass is 161 g/mol. The lowest BCUT2D eigenvalue weighted by Crippen LogP contribution is -1.88. The van der Waals surface area contributed by atoms with Gasteiger partial charge in [0.1, 0.15) is 6.26 Å². The Hall–Kier alpha value is -1.24. The Morgan fingerprint density at radius 1 is 1.33 bits per heavy atom. The van der Waals surface area contributed by atoms with Crippen molar-refractivity contribution in [2.45, 2.75) is 19.8 Å². The van der Waals surface area contributed by atoms with Gasteiger partial charge in [0.05, 0.1) is 0 Å². The molecule has 0 aliphatic rings. The summed E-state index contributed by atoms with van der Waals surface area (Å²) in [5.41, 5.74) is 2.17. The lowest BCUT2D eigenvalue weighted by molar-refractivity contribution is 0.344. The number of hydrogen-bond acceptors (Lipinski definition) is 0. The zero-order valence-electron chi connectivity index (χ0n) is 7.29. The van der Waals surface area contributed by atoms with E-state index in [0.29, 0.717) is 0 Å². The van der Waals surface area contributed by atoms with E-state index in [1.807, 2.05) is 37.3 Å². The summed E-state index contributed by atoms with van der Waals surface area (Å²) in [4.78, 5) is 0. The van der Waals surface area contributed by atoms with Crippen molar-refractivity contribution in [1.82, 2.24) is 0 Å². The van der Waals surface area contributed by atoms with Gasteiger partial charge < -0.3 is 0 Å². The summed E-state index contributed by atoms with van der Waals surface area (Å²) in [6.07, 6.45) is 2.60. The predicted molar refractivity (Wildman–Crippen MR) is 49.2 cm³/mol. The summed E-state index contributed by atoms with van der Waals surface area (Å²) in [6.45, 7) is 2.01. The highest BCUT2D eigenvalue weighted by molar-refractivity contribution is 5.20. The quantitative estimate of drug-likeness (QED) is 0.607. The molecular weight excluding hydrogens is 148 g/mol. The molecule has 0 N–H and O–H groups in total. The highest BCUT2D eigenvalue weighted by Crippen LogP contribution is 2.09. The third-order valence-electron chi connectivity index (χ3n) is 1.89. The molecule has 1 aromatic carbocycles. The molecule has 0 spiro atoms. The second-order valence-electron chi connectivity index (χ2n) is 2.79.